The Balaban J connectivity index is 2.34. The Morgan fingerprint density at radius 3 is 2.29 bits per heavy atom. The van der Waals surface area contributed by atoms with Crippen LogP contribution in [0.1, 0.15) is 56.3 Å². The molecular formula is C21H25FN2O4. The molecule has 0 N–H and O–H groups in total. The van der Waals surface area contributed by atoms with Crippen LogP contribution in [0.25, 0.3) is 0 Å². The minimum absolute atomic E-state index is 0.233. The zero-order chi connectivity index (χ0) is 21.2. The van der Waals surface area contributed by atoms with Crippen molar-refractivity contribution in [3.05, 3.63) is 58.2 Å². The molecule has 1 amide bonds. The predicted molar refractivity (Wildman–Crippen MR) is 103 cm³/mol. The average molecular weight is 388 g/mol. The number of ether oxygens (including phenoxy) is 1. The number of hydrogen-bond acceptors (Lipinski definition) is 4. The lowest BCUT2D eigenvalue weighted by molar-refractivity contribution is 0.0514. The van der Waals surface area contributed by atoms with Crippen molar-refractivity contribution < 1.29 is 23.5 Å². The number of hydrogen-bond donors (Lipinski definition) is 0. The summed E-state index contributed by atoms with van der Waals surface area (Å²) in [6, 6.07) is 4.38. The van der Waals surface area contributed by atoms with Gasteiger partial charge in [-0.15, -0.1) is 0 Å². The van der Waals surface area contributed by atoms with Crippen molar-refractivity contribution in [1.82, 2.24) is 9.47 Å². The molecule has 1 unspecified atom stereocenters. The van der Waals surface area contributed by atoms with Crippen LogP contribution in [-0.2, 0) is 11.8 Å². The minimum atomic E-state index is -0.771. The van der Waals surface area contributed by atoms with Gasteiger partial charge in [0.15, 0.2) is 5.78 Å². The Morgan fingerprint density at radius 1 is 1.18 bits per heavy atom. The lowest BCUT2D eigenvalue weighted by Crippen LogP contribution is -2.40. The van der Waals surface area contributed by atoms with Gasteiger partial charge in [-0.25, -0.2) is 9.18 Å². The molecule has 1 atom stereocenters. The predicted octanol–water partition coefficient (Wildman–Crippen LogP) is 3.30. The quantitative estimate of drug-likeness (QED) is 0.562. The van der Waals surface area contributed by atoms with E-state index in [-0.39, 0.29) is 18.0 Å². The molecule has 6 nitrogen and oxygen atoms in total. The Labute approximate surface area is 163 Å². The summed E-state index contributed by atoms with van der Waals surface area (Å²) in [4.78, 5) is 39.3. The van der Waals surface area contributed by atoms with Crippen molar-refractivity contribution in [1.29, 1.82) is 0 Å². The van der Waals surface area contributed by atoms with Gasteiger partial charge in [0.2, 0.25) is 0 Å². The molecule has 28 heavy (non-hydrogen) atoms. The van der Waals surface area contributed by atoms with Gasteiger partial charge < -0.3 is 14.2 Å². The fraction of sp³-hybridized carbons (Fsp3) is 0.381. The SMILES string of the molecule is CCOC(=O)c1c(C)c(C(=O)C(C)N(C)C(=O)c2ccc(F)cc2)c(C)n1C. The molecule has 0 spiro atoms. The van der Waals surface area contributed by atoms with Crippen LogP contribution < -0.4 is 0 Å². The first kappa shape index (κ1) is 21.3. The lowest BCUT2D eigenvalue weighted by atomic mass is 9.99. The maximum Gasteiger partial charge on any atom is 0.355 e. The van der Waals surface area contributed by atoms with Gasteiger partial charge in [-0.1, -0.05) is 0 Å². The lowest BCUT2D eigenvalue weighted by Gasteiger charge is -2.24. The Kier molecular flexibility index (Phi) is 6.38. The third kappa shape index (κ3) is 3.83. The first-order chi connectivity index (χ1) is 13.1. The fourth-order valence-electron chi connectivity index (χ4n) is 3.19. The van der Waals surface area contributed by atoms with Crippen molar-refractivity contribution >= 4 is 17.7 Å². The molecule has 1 aromatic carbocycles. The van der Waals surface area contributed by atoms with Crippen molar-refractivity contribution in [3.8, 4) is 0 Å². The number of Topliss-reactive ketones (excluding diaryl/α,β-unsaturated/α-hetero) is 1. The number of carbonyl (C=O) groups is 3. The minimum Gasteiger partial charge on any atom is -0.461 e. The van der Waals surface area contributed by atoms with Gasteiger partial charge in [0, 0.05) is 30.9 Å². The summed E-state index contributed by atoms with van der Waals surface area (Å²) in [5.41, 5.74) is 2.16. The number of amides is 1. The molecule has 0 saturated heterocycles. The molecule has 0 saturated carbocycles. The van der Waals surface area contributed by atoms with E-state index in [9.17, 15) is 18.8 Å². The standard InChI is InChI=1S/C21H25FN2O4/c1-7-28-21(27)18-12(2)17(13(3)23(18)5)19(25)14(4)24(6)20(26)15-8-10-16(22)11-9-15/h8-11,14H,7H2,1-6H3. The largest absolute Gasteiger partial charge is 0.461 e. The van der Waals surface area contributed by atoms with Crippen LogP contribution in [0, 0.1) is 19.7 Å². The molecule has 0 aliphatic heterocycles. The normalized spacial score (nSPS) is 11.8. The van der Waals surface area contributed by atoms with Gasteiger partial charge >= 0.3 is 5.97 Å². The number of ketones is 1. The van der Waals surface area contributed by atoms with Gasteiger partial charge in [0.1, 0.15) is 11.5 Å². The van der Waals surface area contributed by atoms with Crippen molar-refractivity contribution in [2.45, 2.75) is 33.7 Å². The van der Waals surface area contributed by atoms with Gasteiger partial charge in [-0.2, -0.15) is 0 Å². The first-order valence-corrected chi connectivity index (χ1v) is 9.01. The molecule has 2 aromatic rings. The molecule has 7 heteroatoms. The number of aromatic nitrogens is 1. The number of rotatable bonds is 6. The molecule has 0 radical (unpaired) electrons. The molecule has 0 aliphatic carbocycles. The molecule has 0 aliphatic rings. The average Bonchev–Trinajstić information content (AvgIpc) is 2.89. The number of benzene rings is 1. The number of esters is 1. The van der Waals surface area contributed by atoms with Crippen molar-refractivity contribution in [2.75, 3.05) is 13.7 Å². The molecule has 0 fully saturated rings. The van der Waals surface area contributed by atoms with E-state index in [1.54, 1.807) is 39.3 Å². The van der Waals surface area contributed by atoms with E-state index < -0.39 is 23.7 Å². The summed E-state index contributed by atoms with van der Waals surface area (Å²) >= 11 is 0. The Hall–Kier alpha value is -2.96. The van der Waals surface area contributed by atoms with Crippen LogP contribution in [0.2, 0.25) is 0 Å². The maximum absolute atomic E-state index is 13.1. The smallest absolute Gasteiger partial charge is 0.355 e. The zero-order valence-electron chi connectivity index (χ0n) is 17.0. The zero-order valence-corrected chi connectivity index (χ0v) is 17.0. The number of nitrogens with zero attached hydrogens (tertiary/aromatic N) is 2. The van der Waals surface area contributed by atoms with Gasteiger partial charge in [0.25, 0.3) is 5.91 Å². The van der Waals surface area contributed by atoms with E-state index in [1.165, 1.54) is 36.2 Å². The van der Waals surface area contributed by atoms with Crippen LogP contribution in [0.4, 0.5) is 4.39 Å². The summed E-state index contributed by atoms with van der Waals surface area (Å²) in [7, 11) is 3.22. The first-order valence-electron chi connectivity index (χ1n) is 9.01. The van der Waals surface area contributed by atoms with Gasteiger partial charge in [-0.05, 0) is 57.5 Å². The second kappa shape index (κ2) is 8.37. The van der Waals surface area contributed by atoms with E-state index in [2.05, 4.69) is 0 Å². The highest BCUT2D eigenvalue weighted by Crippen LogP contribution is 2.24. The second-order valence-corrected chi connectivity index (χ2v) is 6.68. The number of likely N-dealkylation sites (N-methyl/N-ethyl adjacent to an activating group) is 1. The Bertz CT molecular complexity index is 915. The fourth-order valence-corrected chi connectivity index (χ4v) is 3.19. The van der Waals surface area contributed by atoms with Crippen LogP contribution in [-0.4, -0.2) is 46.8 Å². The summed E-state index contributed by atoms with van der Waals surface area (Å²) < 4.78 is 19.8. The second-order valence-electron chi connectivity index (χ2n) is 6.68. The van der Waals surface area contributed by atoms with Crippen LogP contribution >= 0.6 is 0 Å². The Morgan fingerprint density at radius 2 is 1.75 bits per heavy atom. The molecule has 1 aromatic heterocycles. The summed E-state index contributed by atoms with van der Waals surface area (Å²) in [6.07, 6.45) is 0. The van der Waals surface area contributed by atoms with Crippen LogP contribution in [0.15, 0.2) is 24.3 Å². The monoisotopic (exact) mass is 388 g/mol. The highest BCUT2D eigenvalue weighted by atomic mass is 19.1. The van der Waals surface area contributed by atoms with Crippen LogP contribution in [0.3, 0.4) is 0 Å². The third-order valence-corrected chi connectivity index (χ3v) is 5.02. The molecular weight excluding hydrogens is 363 g/mol. The highest BCUT2D eigenvalue weighted by Gasteiger charge is 2.31. The summed E-state index contributed by atoms with van der Waals surface area (Å²) in [6.45, 7) is 7.02. The molecule has 150 valence electrons. The summed E-state index contributed by atoms with van der Waals surface area (Å²) in [5, 5.41) is 0. The molecule has 2 rings (SSSR count). The van der Waals surface area contributed by atoms with Crippen molar-refractivity contribution in [2.24, 2.45) is 7.05 Å². The number of carbonyl (C=O) groups excluding carboxylic acids is 3. The summed E-state index contributed by atoms with van der Waals surface area (Å²) in [5.74, 6) is -1.60. The van der Waals surface area contributed by atoms with Crippen LogP contribution in [0.5, 0.6) is 0 Å². The van der Waals surface area contributed by atoms with Crippen molar-refractivity contribution in [3.63, 3.8) is 0 Å². The van der Waals surface area contributed by atoms with Gasteiger partial charge in [0.05, 0.1) is 12.6 Å². The van der Waals surface area contributed by atoms with E-state index in [0.717, 1.165) is 0 Å². The van der Waals surface area contributed by atoms with Gasteiger partial charge in [-0.3, -0.25) is 9.59 Å². The third-order valence-electron chi connectivity index (χ3n) is 5.02. The highest BCUT2D eigenvalue weighted by molar-refractivity contribution is 6.07. The molecule has 1 heterocycles. The molecule has 0 bridgehead atoms. The number of halogens is 1. The van der Waals surface area contributed by atoms with E-state index >= 15 is 0 Å². The topological polar surface area (TPSA) is 68.6 Å². The van der Waals surface area contributed by atoms with E-state index in [0.29, 0.717) is 22.5 Å². The van der Waals surface area contributed by atoms with E-state index in [1.807, 2.05) is 0 Å². The van der Waals surface area contributed by atoms with E-state index in [4.69, 9.17) is 4.74 Å². The maximum atomic E-state index is 13.1.